The molecular formula is C12H23N3O. The van der Waals surface area contributed by atoms with Crippen LogP contribution in [-0.4, -0.2) is 61.0 Å². The summed E-state index contributed by atoms with van der Waals surface area (Å²) in [4.78, 5) is 16.0. The first-order valence-electron chi connectivity index (χ1n) is 6.40. The average Bonchev–Trinajstić information content (AvgIpc) is 2.83. The molecule has 2 rings (SSSR count). The van der Waals surface area contributed by atoms with Crippen LogP contribution in [0.2, 0.25) is 0 Å². The number of nitrogens with one attached hydrogen (secondary N) is 1. The summed E-state index contributed by atoms with van der Waals surface area (Å²) in [5.74, 6) is 0.258. The maximum atomic E-state index is 11.7. The Morgan fingerprint density at radius 1 is 1.38 bits per heavy atom. The number of likely N-dealkylation sites (N-methyl/N-ethyl adjacent to an activating group) is 1. The zero-order valence-electron chi connectivity index (χ0n) is 10.4. The van der Waals surface area contributed by atoms with Crippen molar-refractivity contribution >= 4 is 5.91 Å². The van der Waals surface area contributed by atoms with E-state index in [-0.39, 0.29) is 11.9 Å². The fourth-order valence-electron chi connectivity index (χ4n) is 2.73. The summed E-state index contributed by atoms with van der Waals surface area (Å²) < 4.78 is 0. The van der Waals surface area contributed by atoms with Crippen molar-refractivity contribution < 1.29 is 4.79 Å². The van der Waals surface area contributed by atoms with Gasteiger partial charge in [-0.3, -0.25) is 4.79 Å². The van der Waals surface area contributed by atoms with Crippen LogP contribution in [0, 0.1) is 0 Å². The van der Waals surface area contributed by atoms with Gasteiger partial charge in [0.25, 0.3) is 0 Å². The Bertz CT molecular complexity index is 251. The molecule has 2 heterocycles. The van der Waals surface area contributed by atoms with Crippen molar-refractivity contribution in [3.05, 3.63) is 0 Å². The lowest BCUT2D eigenvalue weighted by Gasteiger charge is -2.23. The number of amides is 1. The second-order valence-electron chi connectivity index (χ2n) is 5.18. The molecule has 2 unspecified atom stereocenters. The summed E-state index contributed by atoms with van der Waals surface area (Å²) in [5, 5.41) is 3.45. The number of carbonyl (C=O) groups is 1. The van der Waals surface area contributed by atoms with E-state index >= 15 is 0 Å². The first kappa shape index (κ1) is 11.9. The van der Waals surface area contributed by atoms with E-state index in [0.29, 0.717) is 6.04 Å². The summed E-state index contributed by atoms with van der Waals surface area (Å²) >= 11 is 0. The molecule has 1 N–H and O–H groups in total. The molecular weight excluding hydrogens is 202 g/mol. The molecule has 2 aliphatic rings. The van der Waals surface area contributed by atoms with Gasteiger partial charge in [0.15, 0.2) is 0 Å². The van der Waals surface area contributed by atoms with Crippen LogP contribution >= 0.6 is 0 Å². The highest BCUT2D eigenvalue weighted by Gasteiger charge is 2.30. The van der Waals surface area contributed by atoms with Crippen LogP contribution < -0.4 is 5.32 Å². The van der Waals surface area contributed by atoms with Crippen LogP contribution in [0.1, 0.15) is 26.2 Å². The smallest absolute Gasteiger partial charge is 0.239 e. The summed E-state index contributed by atoms with van der Waals surface area (Å²) in [5.41, 5.74) is 0. The van der Waals surface area contributed by atoms with Crippen molar-refractivity contribution in [2.24, 2.45) is 0 Å². The Labute approximate surface area is 98.0 Å². The van der Waals surface area contributed by atoms with E-state index in [1.807, 2.05) is 11.9 Å². The summed E-state index contributed by atoms with van der Waals surface area (Å²) in [6.07, 6.45) is 3.62. The first-order chi connectivity index (χ1) is 7.66. The number of hydrogen-bond acceptors (Lipinski definition) is 3. The molecule has 0 aliphatic carbocycles. The SMILES string of the molecule is CC(CN1CCCC1)NC1CCN(C)C1=O. The fraction of sp³-hybridized carbons (Fsp3) is 0.917. The lowest BCUT2D eigenvalue weighted by molar-refractivity contribution is -0.128. The Morgan fingerprint density at radius 3 is 2.62 bits per heavy atom. The third-order valence-corrected chi connectivity index (χ3v) is 3.64. The predicted molar refractivity (Wildman–Crippen MR) is 64.3 cm³/mol. The largest absolute Gasteiger partial charge is 0.344 e. The van der Waals surface area contributed by atoms with Gasteiger partial charge in [0.2, 0.25) is 5.91 Å². The molecule has 2 fully saturated rings. The molecule has 0 saturated carbocycles. The molecule has 0 aromatic heterocycles. The van der Waals surface area contributed by atoms with Crippen molar-refractivity contribution in [2.75, 3.05) is 33.2 Å². The van der Waals surface area contributed by atoms with Crippen LogP contribution in [0.15, 0.2) is 0 Å². The highest BCUT2D eigenvalue weighted by Crippen LogP contribution is 2.11. The van der Waals surface area contributed by atoms with Crippen molar-refractivity contribution in [3.63, 3.8) is 0 Å². The third kappa shape index (κ3) is 2.74. The zero-order valence-corrected chi connectivity index (χ0v) is 10.4. The molecule has 0 bridgehead atoms. The molecule has 4 nitrogen and oxygen atoms in total. The predicted octanol–water partition coefficient (Wildman–Crippen LogP) is 0.291. The minimum atomic E-state index is 0.0580. The number of rotatable bonds is 4. The molecule has 1 amide bonds. The third-order valence-electron chi connectivity index (χ3n) is 3.64. The van der Waals surface area contributed by atoms with Crippen molar-refractivity contribution in [1.29, 1.82) is 0 Å². The highest BCUT2D eigenvalue weighted by molar-refractivity contribution is 5.83. The first-order valence-corrected chi connectivity index (χ1v) is 6.40. The molecule has 0 radical (unpaired) electrons. The standard InChI is InChI=1S/C12H23N3O/c1-10(9-15-6-3-4-7-15)13-11-5-8-14(2)12(11)16/h10-11,13H,3-9H2,1-2H3. The number of likely N-dealkylation sites (tertiary alicyclic amines) is 2. The topological polar surface area (TPSA) is 35.6 Å². The van der Waals surface area contributed by atoms with E-state index < -0.39 is 0 Å². The molecule has 2 atom stereocenters. The maximum Gasteiger partial charge on any atom is 0.239 e. The van der Waals surface area contributed by atoms with Gasteiger partial charge in [-0.05, 0) is 39.3 Å². The summed E-state index contributed by atoms with van der Waals surface area (Å²) in [6.45, 7) is 6.61. The van der Waals surface area contributed by atoms with E-state index in [4.69, 9.17) is 0 Å². The Morgan fingerprint density at radius 2 is 2.06 bits per heavy atom. The normalized spacial score (nSPS) is 29.0. The van der Waals surface area contributed by atoms with Gasteiger partial charge in [-0.25, -0.2) is 0 Å². The molecule has 92 valence electrons. The Kier molecular flexibility index (Phi) is 3.82. The van der Waals surface area contributed by atoms with Gasteiger partial charge in [-0.2, -0.15) is 0 Å². The van der Waals surface area contributed by atoms with Crippen LogP contribution in [0.4, 0.5) is 0 Å². The highest BCUT2D eigenvalue weighted by atomic mass is 16.2. The number of hydrogen-bond donors (Lipinski definition) is 1. The second-order valence-corrected chi connectivity index (χ2v) is 5.18. The second kappa shape index (κ2) is 5.15. The van der Waals surface area contributed by atoms with Crippen LogP contribution in [-0.2, 0) is 4.79 Å². The van der Waals surface area contributed by atoms with Crippen LogP contribution in [0.3, 0.4) is 0 Å². The molecule has 2 saturated heterocycles. The quantitative estimate of drug-likeness (QED) is 0.747. The van der Waals surface area contributed by atoms with Gasteiger partial charge in [-0.15, -0.1) is 0 Å². The fourth-order valence-corrected chi connectivity index (χ4v) is 2.73. The average molecular weight is 225 g/mol. The monoisotopic (exact) mass is 225 g/mol. The van der Waals surface area contributed by atoms with Crippen molar-refractivity contribution in [3.8, 4) is 0 Å². The van der Waals surface area contributed by atoms with Crippen LogP contribution in [0.25, 0.3) is 0 Å². The zero-order chi connectivity index (χ0) is 11.5. The molecule has 0 aromatic carbocycles. The summed E-state index contributed by atoms with van der Waals surface area (Å²) in [7, 11) is 1.88. The lowest BCUT2D eigenvalue weighted by atomic mass is 10.2. The van der Waals surface area contributed by atoms with E-state index in [0.717, 1.165) is 19.5 Å². The van der Waals surface area contributed by atoms with E-state index in [1.54, 1.807) is 0 Å². The molecule has 0 spiro atoms. The Hall–Kier alpha value is -0.610. The van der Waals surface area contributed by atoms with Crippen LogP contribution in [0.5, 0.6) is 0 Å². The molecule has 0 aromatic rings. The van der Waals surface area contributed by atoms with Gasteiger partial charge >= 0.3 is 0 Å². The molecule has 2 aliphatic heterocycles. The molecule has 16 heavy (non-hydrogen) atoms. The van der Waals surface area contributed by atoms with Gasteiger partial charge in [0, 0.05) is 26.2 Å². The van der Waals surface area contributed by atoms with Gasteiger partial charge in [0.1, 0.15) is 0 Å². The van der Waals surface area contributed by atoms with E-state index in [9.17, 15) is 4.79 Å². The van der Waals surface area contributed by atoms with Gasteiger partial charge < -0.3 is 15.1 Å². The minimum absolute atomic E-state index is 0.0580. The maximum absolute atomic E-state index is 11.7. The van der Waals surface area contributed by atoms with E-state index in [1.165, 1.54) is 25.9 Å². The molecule has 4 heteroatoms. The lowest BCUT2D eigenvalue weighted by Crippen LogP contribution is -2.46. The Balaban J connectivity index is 1.74. The number of nitrogens with zero attached hydrogens (tertiary/aromatic N) is 2. The minimum Gasteiger partial charge on any atom is -0.344 e. The van der Waals surface area contributed by atoms with Gasteiger partial charge in [-0.1, -0.05) is 0 Å². The number of carbonyl (C=O) groups excluding carboxylic acids is 1. The van der Waals surface area contributed by atoms with Crippen molar-refractivity contribution in [2.45, 2.75) is 38.3 Å². The van der Waals surface area contributed by atoms with E-state index in [2.05, 4.69) is 17.1 Å². The van der Waals surface area contributed by atoms with Gasteiger partial charge in [0.05, 0.1) is 6.04 Å². The summed E-state index contributed by atoms with van der Waals surface area (Å²) in [6, 6.07) is 0.473. The van der Waals surface area contributed by atoms with Crippen molar-refractivity contribution in [1.82, 2.24) is 15.1 Å².